The van der Waals surface area contributed by atoms with Crippen molar-refractivity contribution in [2.45, 2.75) is 19.8 Å². The average molecular weight is 268 g/mol. The normalized spacial score (nSPS) is 12.7. The molecule has 0 spiro atoms. The number of hydrogen-bond acceptors (Lipinski definition) is 3. The molecule has 0 aliphatic rings. The van der Waals surface area contributed by atoms with Gasteiger partial charge in [-0.1, -0.05) is 49.4 Å². The maximum atomic E-state index is 5.79. The second kappa shape index (κ2) is 4.67. The van der Waals surface area contributed by atoms with Crippen LogP contribution in [0.3, 0.4) is 0 Å². The predicted molar refractivity (Wildman–Crippen MR) is 82.7 cm³/mol. The van der Waals surface area contributed by atoms with Gasteiger partial charge in [-0.05, 0) is 23.3 Å². The third kappa shape index (κ3) is 2.22. The Morgan fingerprint density at radius 1 is 1.11 bits per heavy atom. The molecule has 0 saturated carbocycles. The molecule has 0 fully saturated rings. The molecule has 0 aliphatic carbocycles. The monoisotopic (exact) mass is 268 g/mol. The number of thiazole rings is 1. The highest BCUT2D eigenvalue weighted by Crippen LogP contribution is 2.33. The Hall–Kier alpha value is -1.87. The van der Waals surface area contributed by atoms with Crippen LogP contribution in [-0.4, -0.2) is 4.98 Å². The fourth-order valence-corrected chi connectivity index (χ4v) is 3.37. The number of hydrogen-bond donors (Lipinski definition) is 1. The first-order valence-corrected chi connectivity index (χ1v) is 7.18. The first kappa shape index (κ1) is 12.2. The van der Waals surface area contributed by atoms with Gasteiger partial charge in [0.15, 0.2) is 5.13 Å². The van der Waals surface area contributed by atoms with Gasteiger partial charge in [0, 0.05) is 10.8 Å². The van der Waals surface area contributed by atoms with Gasteiger partial charge in [0.1, 0.15) is 0 Å². The maximum absolute atomic E-state index is 5.79. The number of aryl methyl sites for hydroxylation is 1. The Labute approximate surface area is 116 Å². The Morgan fingerprint density at radius 3 is 2.53 bits per heavy atom. The van der Waals surface area contributed by atoms with Crippen molar-refractivity contribution in [2.24, 2.45) is 0 Å². The van der Waals surface area contributed by atoms with Crippen LogP contribution in [0.5, 0.6) is 0 Å². The number of rotatable bonds is 2. The van der Waals surface area contributed by atoms with Crippen molar-refractivity contribution in [1.29, 1.82) is 0 Å². The van der Waals surface area contributed by atoms with Crippen molar-refractivity contribution >= 4 is 27.2 Å². The van der Waals surface area contributed by atoms with Gasteiger partial charge in [-0.15, -0.1) is 11.3 Å². The molecule has 0 amide bonds. The molecule has 0 bridgehead atoms. The minimum absolute atomic E-state index is 0.333. The summed E-state index contributed by atoms with van der Waals surface area (Å²) >= 11 is 1.59. The Morgan fingerprint density at radius 2 is 1.84 bits per heavy atom. The molecule has 3 aromatic rings. The topological polar surface area (TPSA) is 38.9 Å². The van der Waals surface area contributed by atoms with Crippen LogP contribution in [0, 0.1) is 6.92 Å². The van der Waals surface area contributed by atoms with Crippen LogP contribution >= 0.6 is 11.3 Å². The zero-order valence-electron chi connectivity index (χ0n) is 11.1. The van der Waals surface area contributed by atoms with Crippen LogP contribution in [-0.2, 0) is 0 Å². The van der Waals surface area contributed by atoms with E-state index in [9.17, 15) is 0 Å². The predicted octanol–water partition coefficient (Wildman–Crippen LogP) is 4.34. The summed E-state index contributed by atoms with van der Waals surface area (Å²) in [5.74, 6) is 0.333. The van der Waals surface area contributed by atoms with Crippen molar-refractivity contribution in [3.63, 3.8) is 0 Å². The number of nitrogen functional groups attached to an aromatic ring is 1. The van der Waals surface area contributed by atoms with Crippen molar-refractivity contribution in [3.8, 4) is 0 Å². The average Bonchev–Trinajstić information content (AvgIpc) is 2.76. The molecule has 3 rings (SSSR count). The highest BCUT2D eigenvalue weighted by molar-refractivity contribution is 7.15. The van der Waals surface area contributed by atoms with E-state index in [-0.39, 0.29) is 0 Å². The van der Waals surface area contributed by atoms with Crippen molar-refractivity contribution in [1.82, 2.24) is 4.98 Å². The number of nitrogens with two attached hydrogens (primary N) is 1. The number of benzene rings is 2. The van der Waals surface area contributed by atoms with Gasteiger partial charge in [0.05, 0.1) is 5.69 Å². The van der Waals surface area contributed by atoms with E-state index < -0.39 is 0 Å². The van der Waals surface area contributed by atoms with Crippen molar-refractivity contribution in [3.05, 3.63) is 58.6 Å². The van der Waals surface area contributed by atoms with Gasteiger partial charge in [-0.2, -0.15) is 0 Å². The molecule has 3 heteroatoms. The lowest BCUT2D eigenvalue weighted by molar-refractivity contribution is 0.929. The maximum Gasteiger partial charge on any atom is 0.180 e. The quantitative estimate of drug-likeness (QED) is 0.751. The summed E-state index contributed by atoms with van der Waals surface area (Å²) in [6.07, 6.45) is 0. The summed E-state index contributed by atoms with van der Waals surface area (Å²) in [5.41, 5.74) is 8.15. The Bertz CT molecular complexity index is 730. The van der Waals surface area contributed by atoms with Gasteiger partial charge < -0.3 is 5.73 Å². The van der Waals surface area contributed by atoms with Crippen LogP contribution in [0.2, 0.25) is 0 Å². The first-order chi connectivity index (χ1) is 9.15. The van der Waals surface area contributed by atoms with E-state index in [2.05, 4.69) is 54.4 Å². The number of fused-ring (bicyclic) bond motifs is 1. The molecule has 1 aromatic heterocycles. The number of nitrogens with zero attached hydrogens (tertiary/aromatic N) is 1. The highest BCUT2D eigenvalue weighted by Gasteiger charge is 2.15. The van der Waals surface area contributed by atoms with E-state index in [0.717, 1.165) is 5.69 Å². The lowest BCUT2D eigenvalue weighted by Gasteiger charge is -2.11. The minimum atomic E-state index is 0.333. The fraction of sp³-hybridized carbons (Fsp3) is 0.188. The summed E-state index contributed by atoms with van der Waals surface area (Å²) in [5, 5.41) is 3.21. The lowest BCUT2D eigenvalue weighted by atomic mass is 9.96. The SMILES string of the molecule is Cc1nc(N)sc1C(C)c1ccc2ccccc2c1. The molecule has 0 saturated heterocycles. The molecular weight excluding hydrogens is 252 g/mol. The Balaban J connectivity index is 2.06. The molecule has 0 radical (unpaired) electrons. The molecular formula is C16H16N2S. The summed E-state index contributed by atoms with van der Waals surface area (Å²) in [7, 11) is 0. The number of aromatic nitrogens is 1. The zero-order chi connectivity index (χ0) is 13.4. The van der Waals surface area contributed by atoms with Crippen LogP contribution in [0.15, 0.2) is 42.5 Å². The van der Waals surface area contributed by atoms with E-state index in [4.69, 9.17) is 5.73 Å². The van der Waals surface area contributed by atoms with Gasteiger partial charge in [0.25, 0.3) is 0 Å². The smallest absolute Gasteiger partial charge is 0.180 e. The summed E-state index contributed by atoms with van der Waals surface area (Å²) in [4.78, 5) is 5.57. The fourth-order valence-electron chi connectivity index (χ4n) is 2.46. The molecule has 0 aliphatic heterocycles. The van der Waals surface area contributed by atoms with E-state index in [1.165, 1.54) is 21.2 Å². The van der Waals surface area contributed by atoms with E-state index in [1.54, 1.807) is 11.3 Å². The van der Waals surface area contributed by atoms with Crippen molar-refractivity contribution < 1.29 is 0 Å². The minimum Gasteiger partial charge on any atom is -0.375 e. The van der Waals surface area contributed by atoms with Crippen molar-refractivity contribution in [2.75, 3.05) is 5.73 Å². The third-order valence-corrected chi connectivity index (χ3v) is 4.69. The highest BCUT2D eigenvalue weighted by atomic mass is 32.1. The molecule has 2 aromatic carbocycles. The van der Waals surface area contributed by atoms with Gasteiger partial charge in [-0.25, -0.2) is 4.98 Å². The molecule has 96 valence electrons. The van der Waals surface area contributed by atoms with E-state index in [0.29, 0.717) is 11.0 Å². The second-order valence-corrected chi connectivity index (χ2v) is 5.89. The van der Waals surface area contributed by atoms with E-state index >= 15 is 0 Å². The van der Waals surface area contributed by atoms with Gasteiger partial charge in [-0.3, -0.25) is 0 Å². The summed E-state index contributed by atoms with van der Waals surface area (Å²) in [6.45, 7) is 4.24. The number of anilines is 1. The zero-order valence-corrected chi connectivity index (χ0v) is 11.9. The molecule has 2 nitrogen and oxygen atoms in total. The molecule has 1 unspecified atom stereocenters. The second-order valence-electron chi connectivity index (χ2n) is 4.83. The lowest BCUT2D eigenvalue weighted by Crippen LogP contribution is -1.95. The molecule has 1 atom stereocenters. The largest absolute Gasteiger partial charge is 0.375 e. The standard InChI is InChI=1S/C16H16N2S/c1-10(15-11(2)18-16(17)19-15)13-8-7-12-5-3-4-6-14(12)9-13/h3-10H,1-2H3,(H2,17,18). The molecule has 2 N–H and O–H groups in total. The summed E-state index contributed by atoms with van der Waals surface area (Å²) < 4.78 is 0. The third-order valence-electron chi connectivity index (χ3n) is 3.52. The Kier molecular flexibility index (Phi) is 2.99. The van der Waals surface area contributed by atoms with Crippen LogP contribution in [0.4, 0.5) is 5.13 Å². The molecule has 19 heavy (non-hydrogen) atoms. The van der Waals surface area contributed by atoms with Crippen LogP contribution < -0.4 is 5.73 Å². The van der Waals surface area contributed by atoms with Crippen LogP contribution in [0.25, 0.3) is 10.8 Å². The van der Waals surface area contributed by atoms with Crippen LogP contribution in [0.1, 0.15) is 29.0 Å². The van der Waals surface area contributed by atoms with Gasteiger partial charge >= 0.3 is 0 Å². The molecule has 1 heterocycles. The van der Waals surface area contributed by atoms with E-state index in [1.807, 2.05) is 6.92 Å². The van der Waals surface area contributed by atoms with Gasteiger partial charge in [0.2, 0.25) is 0 Å². The first-order valence-electron chi connectivity index (χ1n) is 6.36. The summed E-state index contributed by atoms with van der Waals surface area (Å²) in [6, 6.07) is 15.1.